The van der Waals surface area contributed by atoms with Crippen LogP contribution in [0.5, 0.6) is 0 Å². The highest BCUT2D eigenvalue weighted by Crippen LogP contribution is 2.11. The topological polar surface area (TPSA) is 66.0 Å². The molecule has 0 heterocycles. The van der Waals surface area contributed by atoms with Crippen molar-refractivity contribution in [3.05, 3.63) is 35.4 Å². The molecule has 0 aromatic heterocycles. The molecule has 0 bridgehead atoms. The van der Waals surface area contributed by atoms with E-state index >= 15 is 0 Å². The molecule has 1 aromatic rings. The average molecular weight is 498 g/mol. The first-order valence-corrected chi connectivity index (χ1v) is 8.52. The molecule has 0 aliphatic rings. The van der Waals surface area contributed by atoms with Crippen LogP contribution in [0.4, 0.5) is 13.6 Å². The Morgan fingerprint density at radius 1 is 1.26 bits per heavy atom. The van der Waals surface area contributed by atoms with Gasteiger partial charge in [-0.3, -0.25) is 0 Å². The fourth-order valence-electron chi connectivity index (χ4n) is 1.94. The highest BCUT2D eigenvalue weighted by Gasteiger charge is 2.19. The zero-order chi connectivity index (χ0) is 19.7. The van der Waals surface area contributed by atoms with Crippen molar-refractivity contribution < 1.29 is 18.3 Å². The third-order valence-electron chi connectivity index (χ3n) is 3.20. The van der Waals surface area contributed by atoms with Crippen LogP contribution in [0.2, 0.25) is 0 Å². The minimum atomic E-state index is -0.551. The second-order valence-electron chi connectivity index (χ2n) is 6.76. The van der Waals surface area contributed by atoms with Gasteiger partial charge in [0.25, 0.3) is 0 Å². The maximum Gasteiger partial charge on any atom is 0.410 e. The number of aliphatic imine (C=N–C) groups is 1. The first-order chi connectivity index (χ1) is 12.1. The van der Waals surface area contributed by atoms with E-state index in [9.17, 15) is 13.6 Å². The molecule has 2 N–H and O–H groups in total. The van der Waals surface area contributed by atoms with Crippen molar-refractivity contribution in [2.75, 3.05) is 26.7 Å². The summed E-state index contributed by atoms with van der Waals surface area (Å²) < 4.78 is 32.1. The van der Waals surface area contributed by atoms with Gasteiger partial charge in [-0.25, -0.2) is 18.6 Å². The number of carbonyl (C=O) groups excluding carboxylic acids is 1. The molecule has 9 heteroatoms. The monoisotopic (exact) mass is 498 g/mol. The van der Waals surface area contributed by atoms with Gasteiger partial charge >= 0.3 is 6.09 Å². The lowest BCUT2D eigenvalue weighted by Gasteiger charge is -2.24. The van der Waals surface area contributed by atoms with Crippen molar-refractivity contribution in [2.24, 2.45) is 4.99 Å². The van der Waals surface area contributed by atoms with Crippen LogP contribution in [0.1, 0.15) is 33.3 Å². The molecule has 0 spiro atoms. The molecule has 0 saturated carbocycles. The Morgan fingerprint density at radius 2 is 1.93 bits per heavy atom. The fraction of sp³-hybridized carbons (Fsp3) is 0.556. The Labute approximate surface area is 176 Å². The zero-order valence-electron chi connectivity index (χ0n) is 16.4. The second-order valence-corrected chi connectivity index (χ2v) is 6.76. The van der Waals surface area contributed by atoms with Gasteiger partial charge in [0.2, 0.25) is 0 Å². The van der Waals surface area contributed by atoms with Gasteiger partial charge in [-0.2, -0.15) is 0 Å². The third-order valence-corrected chi connectivity index (χ3v) is 3.20. The van der Waals surface area contributed by atoms with Crippen LogP contribution >= 0.6 is 24.0 Å². The van der Waals surface area contributed by atoms with E-state index in [0.717, 1.165) is 18.2 Å². The lowest BCUT2D eigenvalue weighted by molar-refractivity contribution is 0.0302. The predicted molar refractivity (Wildman–Crippen MR) is 113 cm³/mol. The molecule has 1 rings (SSSR count). The number of likely N-dealkylation sites (N-methyl/N-ethyl adjacent to an activating group) is 1. The number of guanidine groups is 1. The summed E-state index contributed by atoms with van der Waals surface area (Å²) in [6, 6.07) is 3.27. The van der Waals surface area contributed by atoms with Gasteiger partial charge in [0, 0.05) is 32.2 Å². The number of hydrogen-bond acceptors (Lipinski definition) is 3. The Kier molecular flexibility index (Phi) is 11.2. The third kappa shape index (κ3) is 10.3. The predicted octanol–water partition coefficient (Wildman–Crippen LogP) is 3.50. The quantitative estimate of drug-likeness (QED) is 0.358. The molecule has 6 nitrogen and oxygen atoms in total. The van der Waals surface area contributed by atoms with Crippen LogP contribution in [0, 0.1) is 11.6 Å². The number of halogens is 3. The van der Waals surface area contributed by atoms with E-state index in [1.807, 2.05) is 6.92 Å². The molecule has 0 aliphatic heterocycles. The largest absolute Gasteiger partial charge is 0.444 e. The van der Waals surface area contributed by atoms with E-state index < -0.39 is 23.3 Å². The molecule has 0 aliphatic carbocycles. The number of nitrogens with zero attached hydrogens (tertiary/aromatic N) is 2. The number of carbonyl (C=O) groups is 1. The number of ether oxygens (including phenoxy) is 1. The Balaban J connectivity index is 0.00000676. The summed E-state index contributed by atoms with van der Waals surface area (Å²) in [6.45, 7) is 8.74. The molecule has 0 fully saturated rings. The van der Waals surface area contributed by atoms with Crippen LogP contribution in [-0.4, -0.2) is 49.2 Å². The van der Waals surface area contributed by atoms with E-state index in [1.54, 1.807) is 27.8 Å². The van der Waals surface area contributed by atoms with Gasteiger partial charge in [-0.05, 0) is 45.9 Å². The van der Waals surface area contributed by atoms with E-state index in [2.05, 4.69) is 15.6 Å². The van der Waals surface area contributed by atoms with Gasteiger partial charge in [0.15, 0.2) is 5.96 Å². The molecule has 0 saturated heterocycles. The maximum absolute atomic E-state index is 13.7. The van der Waals surface area contributed by atoms with Crippen LogP contribution in [0.3, 0.4) is 0 Å². The maximum atomic E-state index is 13.7. The van der Waals surface area contributed by atoms with Gasteiger partial charge in [-0.15, -0.1) is 24.0 Å². The number of hydrogen-bond donors (Lipinski definition) is 2. The lowest BCUT2D eigenvalue weighted by Crippen LogP contribution is -2.43. The summed E-state index contributed by atoms with van der Waals surface area (Å²) in [4.78, 5) is 17.6. The van der Waals surface area contributed by atoms with E-state index in [-0.39, 0.29) is 36.1 Å². The summed E-state index contributed by atoms with van der Waals surface area (Å²) in [5, 5.41) is 6.06. The van der Waals surface area contributed by atoms with E-state index in [0.29, 0.717) is 25.6 Å². The smallest absolute Gasteiger partial charge is 0.410 e. The van der Waals surface area contributed by atoms with Crippen molar-refractivity contribution >= 4 is 36.0 Å². The van der Waals surface area contributed by atoms with Gasteiger partial charge in [0.1, 0.15) is 17.2 Å². The summed E-state index contributed by atoms with van der Waals surface area (Å²) in [5.74, 6) is -0.557. The molecule has 0 atom stereocenters. The summed E-state index contributed by atoms with van der Waals surface area (Å²) >= 11 is 0. The summed E-state index contributed by atoms with van der Waals surface area (Å²) in [5.41, 5.74) is -0.377. The van der Waals surface area contributed by atoms with Gasteiger partial charge < -0.3 is 20.3 Å². The first-order valence-electron chi connectivity index (χ1n) is 8.52. The second kappa shape index (κ2) is 11.9. The highest BCUT2D eigenvalue weighted by molar-refractivity contribution is 14.0. The van der Waals surface area contributed by atoms with E-state index in [1.165, 1.54) is 4.90 Å². The Morgan fingerprint density at radius 3 is 2.52 bits per heavy atom. The van der Waals surface area contributed by atoms with Crippen molar-refractivity contribution in [1.29, 1.82) is 0 Å². The SMILES string of the molecule is CCNC(=NCc1cc(F)ccc1F)NCCN(C)C(=O)OC(C)(C)C.I. The number of nitrogens with one attached hydrogen (secondary N) is 2. The normalized spacial score (nSPS) is 11.4. The molecule has 0 radical (unpaired) electrons. The molecule has 0 unspecified atom stereocenters. The molecule has 1 aromatic carbocycles. The van der Waals surface area contributed by atoms with Crippen LogP contribution < -0.4 is 10.6 Å². The van der Waals surface area contributed by atoms with Crippen molar-refractivity contribution in [3.8, 4) is 0 Å². The van der Waals surface area contributed by atoms with Gasteiger partial charge in [0.05, 0.1) is 6.54 Å². The molecule has 27 heavy (non-hydrogen) atoms. The Hall–Kier alpha value is -1.65. The summed E-state index contributed by atoms with van der Waals surface area (Å²) in [7, 11) is 1.64. The molecule has 154 valence electrons. The van der Waals surface area contributed by atoms with Crippen LogP contribution in [-0.2, 0) is 11.3 Å². The number of amides is 1. The standard InChI is InChI=1S/C18H28F2N4O2.HI/c1-6-21-16(23-12-13-11-14(19)7-8-15(13)20)22-9-10-24(5)17(25)26-18(2,3)4;/h7-8,11H,6,9-10,12H2,1-5H3,(H2,21,22,23);1H. The van der Waals surface area contributed by atoms with Crippen molar-refractivity contribution in [3.63, 3.8) is 0 Å². The molecular weight excluding hydrogens is 469 g/mol. The highest BCUT2D eigenvalue weighted by atomic mass is 127. The minimum absolute atomic E-state index is 0. The number of benzene rings is 1. The fourth-order valence-corrected chi connectivity index (χ4v) is 1.94. The van der Waals surface area contributed by atoms with Crippen LogP contribution in [0.15, 0.2) is 23.2 Å². The minimum Gasteiger partial charge on any atom is -0.444 e. The van der Waals surface area contributed by atoms with Crippen LogP contribution in [0.25, 0.3) is 0 Å². The molecular formula is C18H29F2IN4O2. The first kappa shape index (κ1) is 25.4. The van der Waals surface area contributed by atoms with Crippen molar-refractivity contribution in [1.82, 2.24) is 15.5 Å². The Bertz CT molecular complexity index is 636. The lowest BCUT2D eigenvalue weighted by atomic mass is 10.2. The number of rotatable bonds is 6. The van der Waals surface area contributed by atoms with E-state index in [4.69, 9.17) is 4.74 Å². The molecule has 1 amide bonds. The van der Waals surface area contributed by atoms with Gasteiger partial charge in [-0.1, -0.05) is 0 Å². The zero-order valence-corrected chi connectivity index (χ0v) is 18.8. The average Bonchev–Trinajstić information content (AvgIpc) is 2.53. The van der Waals surface area contributed by atoms with Crippen molar-refractivity contribution in [2.45, 2.75) is 39.8 Å². The summed E-state index contributed by atoms with van der Waals surface area (Å²) in [6.07, 6.45) is -0.414.